The minimum Gasteiger partial charge on any atom is -0.495 e. The Morgan fingerprint density at radius 3 is 2.52 bits per heavy atom. The molecule has 2 rings (SSSR count). The van der Waals surface area contributed by atoms with Crippen molar-refractivity contribution in [2.45, 2.75) is 6.04 Å². The first-order valence-corrected chi connectivity index (χ1v) is 7.03. The summed E-state index contributed by atoms with van der Waals surface area (Å²) in [6.45, 7) is 0. The van der Waals surface area contributed by atoms with Gasteiger partial charge in [-0.1, -0.05) is 12.1 Å². The van der Waals surface area contributed by atoms with Crippen LogP contribution in [-0.2, 0) is 0 Å². The Morgan fingerprint density at radius 2 is 1.95 bits per heavy atom. The second-order valence-electron chi connectivity index (χ2n) is 4.36. The van der Waals surface area contributed by atoms with Crippen molar-refractivity contribution in [3.8, 4) is 11.5 Å². The fraction of sp³-hybridized carbons (Fsp3) is 0.200. The third-order valence-corrected chi connectivity index (χ3v) is 3.93. The van der Waals surface area contributed by atoms with Crippen LogP contribution in [-0.4, -0.2) is 14.2 Å². The zero-order valence-electron chi connectivity index (χ0n) is 11.7. The second kappa shape index (κ2) is 6.89. The van der Waals surface area contributed by atoms with Crippen LogP contribution < -0.4 is 20.7 Å². The Hall–Kier alpha value is -1.63. The van der Waals surface area contributed by atoms with Crippen molar-refractivity contribution in [3.63, 3.8) is 0 Å². The highest BCUT2D eigenvalue weighted by Gasteiger charge is 2.21. The molecule has 0 aliphatic rings. The van der Waals surface area contributed by atoms with Crippen molar-refractivity contribution in [3.05, 3.63) is 57.8 Å². The third-order valence-electron chi connectivity index (χ3n) is 3.18. The number of hydrogen-bond acceptors (Lipinski definition) is 4. The average Bonchev–Trinajstić information content (AvgIpc) is 2.48. The van der Waals surface area contributed by atoms with Crippen LogP contribution in [0.1, 0.15) is 17.2 Å². The van der Waals surface area contributed by atoms with Crippen LogP contribution in [0, 0.1) is 5.82 Å². The summed E-state index contributed by atoms with van der Waals surface area (Å²) in [5, 5.41) is 0. The van der Waals surface area contributed by atoms with Crippen molar-refractivity contribution >= 4 is 15.9 Å². The first-order chi connectivity index (χ1) is 10.1. The van der Waals surface area contributed by atoms with Crippen LogP contribution in [0.5, 0.6) is 11.5 Å². The molecule has 0 saturated heterocycles. The summed E-state index contributed by atoms with van der Waals surface area (Å²) >= 11 is 3.44. The van der Waals surface area contributed by atoms with E-state index in [9.17, 15) is 4.39 Å². The van der Waals surface area contributed by atoms with E-state index in [4.69, 9.17) is 15.3 Å². The maximum Gasteiger partial charge on any atom is 0.141 e. The van der Waals surface area contributed by atoms with Gasteiger partial charge < -0.3 is 9.47 Å². The van der Waals surface area contributed by atoms with Crippen LogP contribution in [0.3, 0.4) is 0 Å². The van der Waals surface area contributed by atoms with Crippen molar-refractivity contribution in [1.82, 2.24) is 5.43 Å². The number of hydrogen-bond donors (Lipinski definition) is 2. The summed E-state index contributed by atoms with van der Waals surface area (Å²) in [6.07, 6.45) is 0. The molecule has 1 unspecified atom stereocenters. The molecular weight excluding hydrogens is 339 g/mol. The van der Waals surface area contributed by atoms with E-state index in [2.05, 4.69) is 21.4 Å². The van der Waals surface area contributed by atoms with Crippen molar-refractivity contribution in [1.29, 1.82) is 0 Å². The molecule has 0 amide bonds. The monoisotopic (exact) mass is 354 g/mol. The standard InChI is InChI=1S/C15H16BrFN2O2/c1-20-12-7-6-11(15(21-2)13(12)16)14(19-18)9-4-3-5-10(17)8-9/h3-8,14,19H,18H2,1-2H3. The lowest BCUT2D eigenvalue weighted by Gasteiger charge is -2.21. The number of nitrogens with one attached hydrogen (secondary N) is 1. The molecule has 0 aromatic heterocycles. The molecule has 0 spiro atoms. The Morgan fingerprint density at radius 1 is 1.19 bits per heavy atom. The molecule has 0 aliphatic carbocycles. The zero-order valence-corrected chi connectivity index (χ0v) is 13.3. The summed E-state index contributed by atoms with van der Waals surface area (Å²) < 4.78 is 24.8. The van der Waals surface area contributed by atoms with Gasteiger partial charge in [-0.25, -0.2) is 9.82 Å². The summed E-state index contributed by atoms with van der Waals surface area (Å²) in [5.74, 6) is 6.57. The van der Waals surface area contributed by atoms with Crippen LogP contribution in [0.15, 0.2) is 40.9 Å². The maximum absolute atomic E-state index is 13.4. The van der Waals surface area contributed by atoms with E-state index in [1.165, 1.54) is 12.1 Å². The molecule has 0 aliphatic heterocycles. The third kappa shape index (κ3) is 3.18. The molecule has 4 nitrogen and oxygen atoms in total. The molecule has 0 bridgehead atoms. The molecule has 6 heteroatoms. The van der Waals surface area contributed by atoms with Gasteiger partial charge in [0.05, 0.1) is 20.3 Å². The fourth-order valence-electron chi connectivity index (χ4n) is 2.20. The van der Waals surface area contributed by atoms with E-state index in [1.807, 2.05) is 6.07 Å². The molecule has 1 atom stereocenters. The highest BCUT2D eigenvalue weighted by atomic mass is 79.9. The first kappa shape index (κ1) is 15.8. The van der Waals surface area contributed by atoms with Crippen LogP contribution in [0.2, 0.25) is 0 Å². The molecule has 0 saturated carbocycles. The molecule has 0 fully saturated rings. The van der Waals surface area contributed by atoms with Gasteiger partial charge >= 0.3 is 0 Å². The van der Waals surface area contributed by atoms with Crippen LogP contribution >= 0.6 is 15.9 Å². The van der Waals surface area contributed by atoms with Gasteiger partial charge in [-0.15, -0.1) is 0 Å². The Balaban J connectivity index is 2.55. The number of benzene rings is 2. The Kier molecular flexibility index (Phi) is 5.17. The molecule has 2 aromatic carbocycles. The quantitative estimate of drug-likeness (QED) is 0.639. The molecule has 112 valence electrons. The molecule has 2 aromatic rings. The van der Waals surface area contributed by atoms with Crippen molar-refractivity contribution in [2.75, 3.05) is 14.2 Å². The van der Waals surface area contributed by atoms with E-state index in [1.54, 1.807) is 32.4 Å². The number of methoxy groups -OCH3 is 2. The largest absolute Gasteiger partial charge is 0.495 e. The summed E-state index contributed by atoms with van der Waals surface area (Å²) in [4.78, 5) is 0. The molecule has 0 radical (unpaired) electrons. The van der Waals surface area contributed by atoms with Gasteiger partial charge in [-0.3, -0.25) is 5.84 Å². The van der Waals surface area contributed by atoms with Crippen molar-refractivity contribution in [2.24, 2.45) is 5.84 Å². The van der Waals surface area contributed by atoms with Crippen molar-refractivity contribution < 1.29 is 13.9 Å². The topological polar surface area (TPSA) is 56.5 Å². The number of hydrazine groups is 1. The molecule has 3 N–H and O–H groups in total. The minimum atomic E-state index is -0.405. The Bertz CT molecular complexity index is 637. The highest BCUT2D eigenvalue weighted by Crippen LogP contribution is 2.41. The zero-order chi connectivity index (χ0) is 15.4. The summed E-state index contributed by atoms with van der Waals surface area (Å²) in [6, 6.07) is 9.48. The van der Waals surface area contributed by atoms with Gasteiger partial charge in [-0.2, -0.15) is 0 Å². The van der Waals surface area contributed by atoms with E-state index in [0.717, 1.165) is 5.56 Å². The van der Waals surface area contributed by atoms with Gasteiger partial charge in [0.1, 0.15) is 21.8 Å². The lowest BCUT2D eigenvalue weighted by atomic mass is 9.98. The lowest BCUT2D eigenvalue weighted by Crippen LogP contribution is -2.29. The van der Waals surface area contributed by atoms with Gasteiger partial charge in [0, 0.05) is 5.56 Å². The SMILES string of the molecule is COc1ccc(C(NN)c2cccc(F)c2)c(OC)c1Br. The van der Waals surface area contributed by atoms with Gasteiger partial charge in [-0.05, 0) is 45.8 Å². The number of nitrogens with two attached hydrogens (primary N) is 1. The highest BCUT2D eigenvalue weighted by molar-refractivity contribution is 9.10. The average molecular weight is 355 g/mol. The van der Waals surface area contributed by atoms with E-state index in [-0.39, 0.29) is 5.82 Å². The number of ether oxygens (including phenoxy) is 2. The summed E-state index contributed by atoms with van der Waals surface area (Å²) in [7, 11) is 3.13. The predicted octanol–water partition coefficient (Wildman–Crippen LogP) is 3.16. The molecule has 21 heavy (non-hydrogen) atoms. The first-order valence-electron chi connectivity index (χ1n) is 6.24. The lowest BCUT2D eigenvalue weighted by molar-refractivity contribution is 0.382. The smallest absolute Gasteiger partial charge is 0.141 e. The van der Waals surface area contributed by atoms with E-state index >= 15 is 0 Å². The second-order valence-corrected chi connectivity index (χ2v) is 5.15. The van der Waals surface area contributed by atoms with Gasteiger partial charge in [0.15, 0.2) is 0 Å². The molecule has 0 heterocycles. The minimum absolute atomic E-state index is 0.320. The van der Waals surface area contributed by atoms with E-state index in [0.29, 0.717) is 21.5 Å². The van der Waals surface area contributed by atoms with Crippen LogP contribution in [0.25, 0.3) is 0 Å². The van der Waals surface area contributed by atoms with Crippen LogP contribution in [0.4, 0.5) is 4.39 Å². The predicted molar refractivity (Wildman–Crippen MR) is 82.8 cm³/mol. The van der Waals surface area contributed by atoms with Gasteiger partial charge in [0.2, 0.25) is 0 Å². The number of rotatable bonds is 5. The maximum atomic E-state index is 13.4. The molecular formula is C15H16BrFN2O2. The normalized spacial score (nSPS) is 12.0. The summed E-state index contributed by atoms with van der Waals surface area (Å²) in [5.41, 5.74) is 4.17. The fourth-order valence-corrected chi connectivity index (χ4v) is 2.88. The van der Waals surface area contributed by atoms with E-state index < -0.39 is 6.04 Å². The number of halogens is 2. The Labute approximate surface area is 131 Å². The van der Waals surface area contributed by atoms with Gasteiger partial charge in [0.25, 0.3) is 0 Å².